The molecule has 1 atom stereocenters. The minimum atomic E-state index is -0.396. The van der Waals surface area contributed by atoms with Crippen LogP contribution < -0.4 is 5.32 Å². The van der Waals surface area contributed by atoms with E-state index < -0.39 is 5.97 Å². The molecule has 0 bridgehead atoms. The van der Waals surface area contributed by atoms with Gasteiger partial charge in [0.15, 0.2) is 5.69 Å². The number of benzene rings is 2. The first-order valence-electron chi connectivity index (χ1n) is 13.5. The predicted octanol–water partition coefficient (Wildman–Crippen LogP) is 6.39. The van der Waals surface area contributed by atoms with Gasteiger partial charge in [-0.1, -0.05) is 61.4 Å². The fourth-order valence-corrected chi connectivity index (χ4v) is 5.59. The molecule has 0 radical (unpaired) electrons. The van der Waals surface area contributed by atoms with E-state index in [0.29, 0.717) is 23.9 Å². The molecule has 0 unspecified atom stereocenters. The van der Waals surface area contributed by atoms with E-state index in [-0.39, 0.29) is 6.04 Å². The van der Waals surface area contributed by atoms with Gasteiger partial charge >= 0.3 is 5.97 Å². The summed E-state index contributed by atoms with van der Waals surface area (Å²) in [6.07, 6.45) is 9.14. The van der Waals surface area contributed by atoms with Crippen molar-refractivity contribution in [3.8, 4) is 33.6 Å². The Morgan fingerprint density at radius 3 is 2.19 bits per heavy atom. The monoisotopic (exact) mass is 495 g/mol. The van der Waals surface area contributed by atoms with E-state index in [9.17, 15) is 4.79 Å². The van der Waals surface area contributed by atoms with E-state index in [4.69, 9.17) is 4.74 Å². The lowest BCUT2D eigenvalue weighted by atomic mass is 10.0. The smallest absolute Gasteiger partial charge is 0.359 e. The van der Waals surface area contributed by atoms with E-state index in [2.05, 4.69) is 61.7 Å². The van der Waals surface area contributed by atoms with E-state index in [1.54, 1.807) is 0 Å². The van der Waals surface area contributed by atoms with Gasteiger partial charge in [0, 0.05) is 11.5 Å². The van der Waals surface area contributed by atoms with Crippen LogP contribution in [0.4, 0.5) is 0 Å². The number of carbonyl (C=O) groups is 1. The summed E-state index contributed by atoms with van der Waals surface area (Å²) in [5.74, 6) is 2.11. The quantitative estimate of drug-likeness (QED) is 0.258. The van der Waals surface area contributed by atoms with Crippen molar-refractivity contribution in [2.24, 2.45) is 0 Å². The minimum absolute atomic E-state index is 0.142. The Balaban J connectivity index is 1.22. The molecule has 6 rings (SSSR count). The van der Waals surface area contributed by atoms with Gasteiger partial charge in [0.1, 0.15) is 11.6 Å². The maximum absolute atomic E-state index is 12.6. The maximum Gasteiger partial charge on any atom is 0.359 e. The first kappa shape index (κ1) is 23.7. The highest BCUT2D eigenvalue weighted by Gasteiger charge is 2.26. The van der Waals surface area contributed by atoms with E-state index in [1.165, 1.54) is 25.7 Å². The van der Waals surface area contributed by atoms with Crippen molar-refractivity contribution in [1.82, 2.24) is 25.3 Å². The number of esters is 1. The van der Waals surface area contributed by atoms with Crippen LogP contribution in [-0.2, 0) is 4.74 Å². The number of aromatic amines is 2. The molecular formula is C30H33N5O2. The van der Waals surface area contributed by atoms with Crippen molar-refractivity contribution in [3.05, 3.63) is 72.1 Å². The van der Waals surface area contributed by atoms with Crippen molar-refractivity contribution in [1.29, 1.82) is 0 Å². The second kappa shape index (κ2) is 10.3. The molecule has 1 aliphatic heterocycles. The van der Waals surface area contributed by atoms with Gasteiger partial charge in [0.25, 0.3) is 0 Å². The van der Waals surface area contributed by atoms with Crippen LogP contribution in [0.25, 0.3) is 33.6 Å². The number of nitrogens with zero attached hydrogens (tertiary/aromatic N) is 2. The summed E-state index contributed by atoms with van der Waals surface area (Å²) in [5, 5.41) is 3.45. The topological polar surface area (TPSA) is 95.7 Å². The van der Waals surface area contributed by atoms with Gasteiger partial charge in [0.2, 0.25) is 0 Å². The molecule has 2 aliphatic rings. The van der Waals surface area contributed by atoms with Crippen LogP contribution in [0.3, 0.4) is 0 Å². The number of hydrogen-bond donors (Lipinski definition) is 3. The Morgan fingerprint density at radius 2 is 1.54 bits per heavy atom. The summed E-state index contributed by atoms with van der Waals surface area (Å²) < 4.78 is 5.29. The van der Waals surface area contributed by atoms with E-state index in [0.717, 1.165) is 59.0 Å². The molecule has 4 aromatic rings. The van der Waals surface area contributed by atoms with Crippen molar-refractivity contribution in [2.45, 2.75) is 57.4 Å². The number of nitrogens with one attached hydrogen (secondary N) is 3. The lowest BCUT2D eigenvalue weighted by molar-refractivity contribution is 0.0521. The molecule has 3 heterocycles. The highest BCUT2D eigenvalue weighted by atomic mass is 16.5. The third-order valence-electron chi connectivity index (χ3n) is 7.62. The highest BCUT2D eigenvalue weighted by Crippen LogP contribution is 2.34. The molecule has 0 amide bonds. The van der Waals surface area contributed by atoms with Gasteiger partial charge in [-0.2, -0.15) is 0 Å². The molecule has 1 saturated carbocycles. The van der Waals surface area contributed by atoms with Crippen molar-refractivity contribution >= 4 is 5.97 Å². The van der Waals surface area contributed by atoms with Crippen LogP contribution >= 0.6 is 0 Å². The molecule has 2 aromatic heterocycles. The summed E-state index contributed by atoms with van der Waals surface area (Å²) in [5.41, 5.74) is 6.43. The number of hydrogen-bond acceptors (Lipinski definition) is 5. The normalized spacial score (nSPS) is 17.9. The number of ether oxygens (including phenoxy) is 1. The number of H-pyrrole nitrogens is 2. The van der Waals surface area contributed by atoms with Crippen LogP contribution in [0.1, 0.15) is 79.5 Å². The molecule has 37 heavy (non-hydrogen) atoms. The zero-order valence-electron chi connectivity index (χ0n) is 21.2. The van der Waals surface area contributed by atoms with Crippen LogP contribution in [0.5, 0.6) is 0 Å². The van der Waals surface area contributed by atoms with Gasteiger partial charge in [-0.3, -0.25) is 0 Å². The Morgan fingerprint density at radius 1 is 0.865 bits per heavy atom. The summed E-state index contributed by atoms with van der Waals surface area (Å²) in [7, 11) is 0. The number of carbonyl (C=O) groups excluding carboxylic acids is 1. The summed E-state index contributed by atoms with van der Waals surface area (Å²) in [6.45, 7) is 3.09. The molecule has 7 nitrogen and oxygen atoms in total. The van der Waals surface area contributed by atoms with Crippen molar-refractivity contribution in [2.75, 3.05) is 13.2 Å². The lowest BCUT2D eigenvalue weighted by Crippen LogP contribution is -2.14. The fraction of sp³-hybridized carbons (Fsp3) is 0.367. The minimum Gasteiger partial charge on any atom is -0.461 e. The SMILES string of the molecule is CCOC(=O)c1nc([C@@H]2CCCN2)[nH]c1-c1ccc(-c2ccc(-c3cnc(C4CCCC4)[nH]3)cc2)cc1. The molecule has 2 aromatic carbocycles. The average Bonchev–Trinajstić information content (AvgIpc) is 3.75. The zero-order chi connectivity index (χ0) is 25.2. The Labute approximate surface area is 217 Å². The molecule has 1 aliphatic carbocycles. The predicted molar refractivity (Wildman–Crippen MR) is 144 cm³/mol. The van der Waals surface area contributed by atoms with Crippen molar-refractivity contribution in [3.63, 3.8) is 0 Å². The van der Waals surface area contributed by atoms with Gasteiger partial charge in [-0.15, -0.1) is 0 Å². The third-order valence-corrected chi connectivity index (χ3v) is 7.62. The average molecular weight is 496 g/mol. The molecule has 7 heteroatoms. The summed E-state index contributed by atoms with van der Waals surface area (Å²) in [4.78, 5) is 28.9. The second-order valence-electron chi connectivity index (χ2n) is 10.0. The van der Waals surface area contributed by atoms with Crippen molar-refractivity contribution < 1.29 is 9.53 Å². The Bertz CT molecular complexity index is 1360. The lowest BCUT2D eigenvalue weighted by Gasteiger charge is -2.07. The second-order valence-corrected chi connectivity index (χ2v) is 10.0. The standard InChI is InChI=1S/C30H33N5O2/c1-2-37-30(36)27-26(34-29(35-27)24-8-5-17-31-24)22-15-11-20(12-16-22)19-9-13-21(14-10-19)25-18-32-28(33-25)23-6-3-4-7-23/h9-16,18,23-24,31H,2-8,17H2,1H3,(H,32,33)(H,34,35)/t24-/m0/s1. The Hall–Kier alpha value is -3.71. The molecule has 3 N–H and O–H groups in total. The van der Waals surface area contributed by atoms with Crippen LogP contribution in [-0.4, -0.2) is 39.1 Å². The largest absolute Gasteiger partial charge is 0.461 e. The molecule has 190 valence electrons. The number of rotatable bonds is 7. The van der Waals surface area contributed by atoms with Gasteiger partial charge in [-0.25, -0.2) is 14.8 Å². The number of aromatic nitrogens is 4. The maximum atomic E-state index is 12.6. The van der Waals surface area contributed by atoms with Crippen LogP contribution in [0.2, 0.25) is 0 Å². The zero-order valence-corrected chi connectivity index (χ0v) is 21.2. The first-order valence-corrected chi connectivity index (χ1v) is 13.5. The molecule has 2 fully saturated rings. The van der Waals surface area contributed by atoms with Gasteiger partial charge in [0.05, 0.1) is 30.2 Å². The Kier molecular flexibility index (Phi) is 6.62. The molecule has 0 spiro atoms. The molecule has 1 saturated heterocycles. The number of imidazole rings is 2. The highest BCUT2D eigenvalue weighted by molar-refractivity contribution is 5.94. The molecular weight excluding hydrogens is 462 g/mol. The fourth-order valence-electron chi connectivity index (χ4n) is 5.59. The summed E-state index contributed by atoms with van der Waals surface area (Å²) >= 11 is 0. The van der Waals surface area contributed by atoms with Crippen LogP contribution in [0.15, 0.2) is 54.7 Å². The van der Waals surface area contributed by atoms with Gasteiger partial charge < -0.3 is 20.0 Å². The summed E-state index contributed by atoms with van der Waals surface area (Å²) in [6, 6.07) is 17.0. The van der Waals surface area contributed by atoms with Gasteiger partial charge in [-0.05, 0) is 55.8 Å². The van der Waals surface area contributed by atoms with Crippen LogP contribution in [0, 0.1) is 0 Å². The first-order chi connectivity index (χ1) is 18.2. The van der Waals surface area contributed by atoms with E-state index in [1.807, 2.05) is 25.3 Å². The van der Waals surface area contributed by atoms with E-state index >= 15 is 0 Å². The third kappa shape index (κ3) is 4.83.